The molecule has 4 heterocycles. The third-order valence-corrected chi connectivity index (χ3v) is 8.68. The molecule has 3 aromatic heterocycles. The molecule has 0 bridgehead atoms. The molecule has 0 spiro atoms. The van der Waals surface area contributed by atoms with E-state index in [4.69, 9.17) is 4.98 Å². The first-order valence-corrected chi connectivity index (χ1v) is 13.4. The van der Waals surface area contributed by atoms with Crippen LogP contribution < -0.4 is 5.56 Å². The van der Waals surface area contributed by atoms with Gasteiger partial charge in [0.05, 0.1) is 10.6 Å². The maximum Gasteiger partial charge on any atom is 0.263 e. The van der Waals surface area contributed by atoms with Crippen LogP contribution in [-0.4, -0.2) is 32.2 Å². The van der Waals surface area contributed by atoms with Crippen molar-refractivity contribution < 1.29 is 4.79 Å². The molecule has 8 heteroatoms. The number of amides is 1. The Kier molecular flexibility index (Phi) is 6.23. The van der Waals surface area contributed by atoms with Gasteiger partial charge < -0.3 is 4.90 Å². The van der Waals surface area contributed by atoms with Crippen LogP contribution in [-0.2, 0) is 24.3 Å². The molecule has 5 rings (SSSR count). The summed E-state index contributed by atoms with van der Waals surface area (Å²) in [7, 11) is 0. The Morgan fingerprint density at radius 3 is 2.82 bits per heavy atom. The number of thioether (sulfide) groups is 1. The number of fused-ring (bicyclic) bond motifs is 2. The molecule has 0 aliphatic carbocycles. The third-order valence-electron chi connectivity index (χ3n) is 5.83. The van der Waals surface area contributed by atoms with Gasteiger partial charge in [0.2, 0.25) is 5.91 Å². The number of hydrogen-bond acceptors (Lipinski definition) is 6. The minimum Gasteiger partial charge on any atom is -0.337 e. The third kappa shape index (κ3) is 4.18. The fourth-order valence-electron chi connectivity index (χ4n) is 4.15. The molecular formula is C25H23N3O2S3. The van der Waals surface area contributed by atoms with Crippen molar-refractivity contribution in [2.24, 2.45) is 0 Å². The predicted octanol–water partition coefficient (Wildman–Crippen LogP) is 5.44. The number of carbonyl (C=O) groups is 1. The second kappa shape index (κ2) is 9.29. The highest BCUT2D eigenvalue weighted by molar-refractivity contribution is 8.00. The Bertz CT molecular complexity index is 1390. The topological polar surface area (TPSA) is 55.2 Å². The van der Waals surface area contributed by atoms with Crippen LogP contribution in [0.1, 0.15) is 18.1 Å². The Labute approximate surface area is 204 Å². The largest absolute Gasteiger partial charge is 0.337 e. The number of allylic oxidation sites excluding steroid dienone is 1. The Hall–Kier alpha value is -2.68. The summed E-state index contributed by atoms with van der Waals surface area (Å²) in [5.74, 6) is 0.0689. The van der Waals surface area contributed by atoms with Gasteiger partial charge in [-0.2, -0.15) is 0 Å². The van der Waals surface area contributed by atoms with E-state index in [2.05, 4.69) is 18.7 Å². The predicted molar refractivity (Wildman–Crippen MR) is 138 cm³/mol. The van der Waals surface area contributed by atoms with Crippen molar-refractivity contribution in [2.75, 3.05) is 6.54 Å². The summed E-state index contributed by atoms with van der Waals surface area (Å²) in [6.07, 6.45) is 2.57. The molecule has 0 saturated carbocycles. The van der Waals surface area contributed by atoms with Gasteiger partial charge in [-0.05, 0) is 35.9 Å². The van der Waals surface area contributed by atoms with Gasteiger partial charge in [0.25, 0.3) is 5.56 Å². The first-order valence-electron chi connectivity index (χ1n) is 10.8. The van der Waals surface area contributed by atoms with Crippen LogP contribution >= 0.6 is 34.4 Å². The molecule has 1 aromatic carbocycles. The summed E-state index contributed by atoms with van der Waals surface area (Å²) in [5, 5.41) is 4.85. The SMILES string of the molecule is C=CCn1c(SC(C)C(=O)N2CCc3ccccc3C2)nc2scc(-c3cccs3)c2c1=O. The minimum atomic E-state index is -0.354. The highest BCUT2D eigenvalue weighted by Crippen LogP contribution is 2.35. The first-order chi connectivity index (χ1) is 16.1. The van der Waals surface area contributed by atoms with Crippen LogP contribution in [0.5, 0.6) is 0 Å². The quantitative estimate of drug-likeness (QED) is 0.204. The Morgan fingerprint density at radius 1 is 1.24 bits per heavy atom. The summed E-state index contributed by atoms with van der Waals surface area (Å²) >= 11 is 4.43. The normalized spacial score (nSPS) is 14.3. The molecule has 1 unspecified atom stereocenters. The van der Waals surface area contributed by atoms with Crippen LogP contribution in [0.15, 0.2) is 69.8 Å². The smallest absolute Gasteiger partial charge is 0.263 e. The van der Waals surface area contributed by atoms with Crippen LogP contribution in [0.2, 0.25) is 0 Å². The molecule has 4 aromatic rings. The van der Waals surface area contributed by atoms with Gasteiger partial charge >= 0.3 is 0 Å². The molecule has 0 radical (unpaired) electrons. The van der Waals surface area contributed by atoms with Crippen molar-refractivity contribution in [1.29, 1.82) is 0 Å². The Balaban J connectivity index is 1.44. The lowest BCUT2D eigenvalue weighted by atomic mass is 10.00. The fourth-order valence-corrected chi connectivity index (χ4v) is 6.95. The molecule has 168 valence electrons. The maximum absolute atomic E-state index is 13.5. The van der Waals surface area contributed by atoms with E-state index in [9.17, 15) is 9.59 Å². The van der Waals surface area contributed by atoms with Crippen molar-refractivity contribution >= 4 is 50.6 Å². The summed E-state index contributed by atoms with van der Waals surface area (Å²) in [6, 6.07) is 12.3. The lowest BCUT2D eigenvalue weighted by molar-refractivity contribution is -0.131. The van der Waals surface area contributed by atoms with Gasteiger partial charge in [0.1, 0.15) is 4.83 Å². The molecule has 5 nitrogen and oxygen atoms in total. The second-order valence-corrected chi connectivity index (χ2v) is 11.1. The van der Waals surface area contributed by atoms with Crippen LogP contribution in [0.25, 0.3) is 20.7 Å². The van der Waals surface area contributed by atoms with Crippen molar-refractivity contribution in [3.63, 3.8) is 0 Å². The monoisotopic (exact) mass is 493 g/mol. The van der Waals surface area contributed by atoms with E-state index >= 15 is 0 Å². The summed E-state index contributed by atoms with van der Waals surface area (Å²) < 4.78 is 1.64. The number of rotatable bonds is 6. The van der Waals surface area contributed by atoms with E-state index in [0.29, 0.717) is 35.0 Å². The molecule has 0 saturated heterocycles. The van der Waals surface area contributed by atoms with Gasteiger partial charge in [-0.3, -0.25) is 14.2 Å². The molecule has 1 atom stereocenters. The number of hydrogen-bond donors (Lipinski definition) is 0. The van der Waals surface area contributed by atoms with Crippen LogP contribution in [0.3, 0.4) is 0 Å². The highest BCUT2D eigenvalue weighted by Gasteiger charge is 2.27. The van der Waals surface area contributed by atoms with Gasteiger partial charge in [0.15, 0.2) is 5.16 Å². The lowest BCUT2D eigenvalue weighted by Gasteiger charge is -2.30. The zero-order valence-corrected chi connectivity index (χ0v) is 20.6. The van der Waals surface area contributed by atoms with Crippen LogP contribution in [0.4, 0.5) is 0 Å². The summed E-state index contributed by atoms with van der Waals surface area (Å²) in [6.45, 7) is 7.40. The van der Waals surface area contributed by atoms with Crippen molar-refractivity contribution in [3.05, 3.63) is 81.3 Å². The molecule has 1 aliphatic heterocycles. The molecule has 0 fully saturated rings. The molecule has 1 amide bonds. The van der Waals surface area contributed by atoms with E-state index in [0.717, 1.165) is 16.9 Å². The summed E-state index contributed by atoms with van der Waals surface area (Å²) in [5.41, 5.74) is 3.36. The Morgan fingerprint density at radius 2 is 2.06 bits per heavy atom. The lowest BCUT2D eigenvalue weighted by Crippen LogP contribution is -2.40. The maximum atomic E-state index is 13.5. The van der Waals surface area contributed by atoms with Crippen LogP contribution in [0, 0.1) is 0 Å². The van der Waals surface area contributed by atoms with Gasteiger partial charge in [0, 0.05) is 35.5 Å². The van der Waals surface area contributed by atoms with E-state index in [1.807, 2.05) is 46.8 Å². The molecule has 33 heavy (non-hydrogen) atoms. The number of benzene rings is 1. The number of nitrogens with zero attached hydrogens (tertiary/aromatic N) is 3. The zero-order chi connectivity index (χ0) is 22.9. The van der Waals surface area contributed by atoms with Crippen molar-refractivity contribution in [2.45, 2.75) is 36.8 Å². The average molecular weight is 494 g/mol. The minimum absolute atomic E-state index is 0.0689. The van der Waals surface area contributed by atoms with Crippen molar-refractivity contribution in [3.8, 4) is 10.4 Å². The molecule has 1 aliphatic rings. The average Bonchev–Trinajstić information content (AvgIpc) is 3.50. The van der Waals surface area contributed by atoms with Gasteiger partial charge in [-0.25, -0.2) is 4.98 Å². The van der Waals surface area contributed by atoms with E-state index < -0.39 is 0 Å². The second-order valence-electron chi connectivity index (χ2n) is 7.94. The van der Waals surface area contributed by atoms with Gasteiger partial charge in [-0.1, -0.05) is 48.2 Å². The number of thiophene rings is 2. The van der Waals surface area contributed by atoms with E-state index in [1.54, 1.807) is 22.0 Å². The standard InChI is InChI=1S/C25H23N3O2S3/c1-3-11-28-24(30)21-19(20-9-6-13-31-20)15-32-22(21)26-25(28)33-16(2)23(29)27-12-10-17-7-4-5-8-18(17)14-27/h3-9,13,15-16H,1,10-12,14H2,2H3. The van der Waals surface area contributed by atoms with E-state index in [1.165, 1.54) is 34.2 Å². The first kappa shape index (κ1) is 22.1. The van der Waals surface area contributed by atoms with E-state index in [-0.39, 0.29) is 16.7 Å². The molecule has 0 N–H and O–H groups in total. The fraction of sp³-hybridized carbons (Fsp3) is 0.240. The van der Waals surface area contributed by atoms with Gasteiger partial charge in [-0.15, -0.1) is 29.3 Å². The molecular weight excluding hydrogens is 470 g/mol. The zero-order valence-electron chi connectivity index (χ0n) is 18.2. The number of aromatic nitrogens is 2. The number of carbonyl (C=O) groups excluding carboxylic acids is 1. The van der Waals surface area contributed by atoms with Crippen molar-refractivity contribution in [1.82, 2.24) is 14.5 Å². The highest BCUT2D eigenvalue weighted by atomic mass is 32.2. The summed E-state index contributed by atoms with van der Waals surface area (Å²) in [4.78, 5) is 35.2.